The molecule has 0 aliphatic carbocycles. The first-order chi connectivity index (χ1) is 8.66. The summed E-state index contributed by atoms with van der Waals surface area (Å²) in [6, 6.07) is 0. The predicted molar refractivity (Wildman–Crippen MR) is 85.3 cm³/mol. The van der Waals surface area contributed by atoms with Crippen molar-refractivity contribution >= 4 is 17.7 Å². The fourth-order valence-corrected chi connectivity index (χ4v) is 2.10. The highest BCUT2D eigenvalue weighted by Gasteiger charge is 2.01. The van der Waals surface area contributed by atoms with E-state index >= 15 is 0 Å². The van der Waals surface area contributed by atoms with Gasteiger partial charge in [0.15, 0.2) is 0 Å². The van der Waals surface area contributed by atoms with E-state index < -0.39 is 0 Å². The Kier molecular flexibility index (Phi) is 18.8. The van der Waals surface area contributed by atoms with E-state index in [2.05, 4.69) is 26.1 Å². The topological polar surface area (TPSA) is 29.1 Å². The lowest BCUT2D eigenvalue weighted by Crippen LogP contribution is -2.24. The normalized spacial score (nSPS) is 9.89. The highest BCUT2D eigenvalue weighted by atomic mass is 32.2. The Morgan fingerprint density at radius 3 is 2.39 bits per heavy atom. The van der Waals surface area contributed by atoms with Crippen molar-refractivity contribution in [1.29, 1.82) is 0 Å². The second kappa shape index (κ2) is 16.8. The zero-order chi connectivity index (χ0) is 14.2. The van der Waals surface area contributed by atoms with Crippen molar-refractivity contribution in [2.45, 2.75) is 66.7 Å². The summed E-state index contributed by atoms with van der Waals surface area (Å²) < 4.78 is 0. The van der Waals surface area contributed by atoms with Crippen molar-refractivity contribution in [2.24, 2.45) is 5.92 Å². The first-order valence-corrected chi connectivity index (χ1v) is 8.66. The van der Waals surface area contributed by atoms with Gasteiger partial charge < -0.3 is 5.32 Å². The van der Waals surface area contributed by atoms with E-state index in [0.29, 0.717) is 12.3 Å². The molecule has 0 saturated carbocycles. The van der Waals surface area contributed by atoms with E-state index in [1.54, 1.807) is 0 Å². The smallest absolute Gasteiger partial charge is 0.219 e. The molecule has 0 heterocycles. The van der Waals surface area contributed by atoms with Gasteiger partial charge in [0, 0.05) is 13.0 Å². The number of carbonyl (C=O) groups is 1. The maximum atomic E-state index is 11.4. The standard InChI is InChI=1S/C13H27NOS.C2H6/c1-4-16-11-7-5-6-8-13(15)14-10-9-12(2)3;1-2/h12H,4-11H2,1-3H3,(H,14,15);1-2H3. The average molecular weight is 276 g/mol. The minimum Gasteiger partial charge on any atom is -0.356 e. The monoisotopic (exact) mass is 275 g/mol. The van der Waals surface area contributed by atoms with E-state index in [0.717, 1.165) is 19.4 Å². The predicted octanol–water partition coefficient (Wildman–Crippen LogP) is 4.49. The lowest BCUT2D eigenvalue weighted by molar-refractivity contribution is -0.121. The molecule has 0 aliphatic heterocycles. The Labute approximate surface area is 119 Å². The molecule has 0 aliphatic rings. The summed E-state index contributed by atoms with van der Waals surface area (Å²) in [4.78, 5) is 11.4. The summed E-state index contributed by atoms with van der Waals surface area (Å²) in [5.41, 5.74) is 0. The van der Waals surface area contributed by atoms with Crippen LogP contribution in [0.1, 0.15) is 66.7 Å². The summed E-state index contributed by atoms with van der Waals surface area (Å²) in [5, 5.41) is 2.97. The summed E-state index contributed by atoms with van der Waals surface area (Å²) in [7, 11) is 0. The molecule has 3 heteroatoms. The van der Waals surface area contributed by atoms with Crippen molar-refractivity contribution in [2.75, 3.05) is 18.1 Å². The molecule has 0 saturated heterocycles. The zero-order valence-electron chi connectivity index (χ0n) is 13.1. The number of nitrogens with one attached hydrogen (secondary N) is 1. The van der Waals surface area contributed by atoms with Gasteiger partial charge in [-0.3, -0.25) is 4.79 Å². The van der Waals surface area contributed by atoms with Crippen LogP contribution in [0.3, 0.4) is 0 Å². The van der Waals surface area contributed by atoms with Gasteiger partial charge >= 0.3 is 0 Å². The lowest BCUT2D eigenvalue weighted by Gasteiger charge is -2.06. The van der Waals surface area contributed by atoms with Gasteiger partial charge in [0.2, 0.25) is 5.91 Å². The van der Waals surface area contributed by atoms with Gasteiger partial charge in [-0.1, -0.05) is 41.0 Å². The lowest BCUT2D eigenvalue weighted by atomic mass is 10.1. The van der Waals surface area contributed by atoms with Crippen molar-refractivity contribution < 1.29 is 4.79 Å². The molecule has 0 aromatic carbocycles. The maximum absolute atomic E-state index is 11.4. The summed E-state index contributed by atoms with van der Waals surface area (Å²) >= 11 is 1.98. The molecule has 0 unspecified atom stereocenters. The minimum atomic E-state index is 0.226. The Bertz CT molecular complexity index is 172. The fourth-order valence-electron chi connectivity index (χ4n) is 1.40. The van der Waals surface area contributed by atoms with Crippen LogP contribution in [0.25, 0.3) is 0 Å². The first kappa shape index (κ1) is 20.1. The van der Waals surface area contributed by atoms with Crippen LogP contribution in [0.2, 0.25) is 0 Å². The third-order valence-corrected chi connectivity index (χ3v) is 3.43. The molecular formula is C15H33NOS. The minimum absolute atomic E-state index is 0.226. The van der Waals surface area contributed by atoms with Crippen LogP contribution >= 0.6 is 11.8 Å². The number of thioether (sulfide) groups is 1. The Balaban J connectivity index is 0. The molecule has 0 radical (unpaired) electrons. The van der Waals surface area contributed by atoms with Gasteiger partial charge in [-0.25, -0.2) is 0 Å². The van der Waals surface area contributed by atoms with Gasteiger partial charge in [0.1, 0.15) is 0 Å². The van der Waals surface area contributed by atoms with Crippen LogP contribution in [0.15, 0.2) is 0 Å². The third-order valence-electron chi connectivity index (χ3n) is 2.44. The van der Waals surface area contributed by atoms with Crippen LogP contribution < -0.4 is 5.32 Å². The second-order valence-corrected chi connectivity index (χ2v) is 5.93. The molecule has 0 aromatic heterocycles. The molecule has 1 N–H and O–H groups in total. The maximum Gasteiger partial charge on any atom is 0.219 e. The van der Waals surface area contributed by atoms with Crippen LogP contribution in [0, 0.1) is 5.92 Å². The van der Waals surface area contributed by atoms with E-state index in [1.165, 1.54) is 24.3 Å². The van der Waals surface area contributed by atoms with Crippen molar-refractivity contribution in [3.05, 3.63) is 0 Å². The van der Waals surface area contributed by atoms with Crippen LogP contribution in [-0.2, 0) is 4.79 Å². The number of amides is 1. The number of hydrogen-bond acceptors (Lipinski definition) is 2. The molecule has 1 amide bonds. The highest BCUT2D eigenvalue weighted by Crippen LogP contribution is 2.07. The quantitative estimate of drug-likeness (QED) is 0.595. The van der Waals surface area contributed by atoms with Crippen molar-refractivity contribution in [3.8, 4) is 0 Å². The molecular weight excluding hydrogens is 242 g/mol. The molecule has 2 nitrogen and oxygen atoms in total. The first-order valence-electron chi connectivity index (χ1n) is 7.51. The number of carbonyl (C=O) groups excluding carboxylic acids is 1. The van der Waals surface area contributed by atoms with E-state index in [1.807, 2.05) is 25.6 Å². The van der Waals surface area contributed by atoms with E-state index in [9.17, 15) is 4.79 Å². The van der Waals surface area contributed by atoms with Crippen molar-refractivity contribution in [3.63, 3.8) is 0 Å². The van der Waals surface area contributed by atoms with Crippen LogP contribution in [0.5, 0.6) is 0 Å². The summed E-state index contributed by atoms with van der Waals surface area (Å²) in [5.74, 6) is 3.34. The zero-order valence-corrected chi connectivity index (χ0v) is 13.9. The Hall–Kier alpha value is -0.180. The molecule has 0 spiro atoms. The largest absolute Gasteiger partial charge is 0.356 e. The van der Waals surface area contributed by atoms with Gasteiger partial charge in [0.25, 0.3) is 0 Å². The SMILES string of the molecule is CC.CCSCCCCCC(=O)NCCC(C)C. The van der Waals surface area contributed by atoms with Crippen LogP contribution in [0.4, 0.5) is 0 Å². The van der Waals surface area contributed by atoms with E-state index in [4.69, 9.17) is 0 Å². The number of rotatable bonds is 10. The van der Waals surface area contributed by atoms with Gasteiger partial charge in [0.05, 0.1) is 0 Å². The molecule has 18 heavy (non-hydrogen) atoms. The average Bonchev–Trinajstić information content (AvgIpc) is 2.35. The van der Waals surface area contributed by atoms with Gasteiger partial charge in [-0.2, -0.15) is 11.8 Å². The number of hydrogen-bond donors (Lipinski definition) is 1. The Morgan fingerprint density at radius 2 is 1.83 bits per heavy atom. The molecule has 0 bridgehead atoms. The summed E-state index contributed by atoms with van der Waals surface area (Å²) in [6.45, 7) is 11.4. The Morgan fingerprint density at radius 1 is 1.17 bits per heavy atom. The van der Waals surface area contributed by atoms with Gasteiger partial charge in [-0.05, 0) is 36.7 Å². The summed E-state index contributed by atoms with van der Waals surface area (Å²) in [6.07, 6.45) is 5.26. The second-order valence-electron chi connectivity index (χ2n) is 4.54. The van der Waals surface area contributed by atoms with Gasteiger partial charge in [-0.15, -0.1) is 0 Å². The molecule has 110 valence electrons. The molecule has 0 fully saturated rings. The molecule has 0 rings (SSSR count). The third kappa shape index (κ3) is 18.2. The molecule has 0 aromatic rings. The van der Waals surface area contributed by atoms with E-state index in [-0.39, 0.29) is 5.91 Å². The fraction of sp³-hybridized carbons (Fsp3) is 0.933. The highest BCUT2D eigenvalue weighted by molar-refractivity contribution is 7.99. The van der Waals surface area contributed by atoms with Crippen molar-refractivity contribution in [1.82, 2.24) is 5.32 Å². The van der Waals surface area contributed by atoms with Crippen LogP contribution in [-0.4, -0.2) is 24.0 Å². The molecule has 0 atom stereocenters. The number of unbranched alkanes of at least 4 members (excludes halogenated alkanes) is 2.